The predicted octanol–water partition coefficient (Wildman–Crippen LogP) is 5.98. The van der Waals surface area contributed by atoms with Crippen molar-refractivity contribution in [3.63, 3.8) is 0 Å². The van der Waals surface area contributed by atoms with Gasteiger partial charge in [-0.05, 0) is 63.4 Å². The SMILES string of the molecule is CCOC(=O)[C@H]1CCCN([C@@H](c2ccccc2)c2c(NC(=O)c3ccccc3)sc(C)c2C)C1. The van der Waals surface area contributed by atoms with Crippen LogP contribution in [0.2, 0.25) is 0 Å². The van der Waals surface area contributed by atoms with E-state index in [9.17, 15) is 9.59 Å². The summed E-state index contributed by atoms with van der Waals surface area (Å²) in [5, 5.41) is 4.06. The number of piperidine rings is 1. The van der Waals surface area contributed by atoms with E-state index >= 15 is 0 Å². The Balaban J connectivity index is 1.73. The van der Waals surface area contributed by atoms with E-state index in [2.05, 4.69) is 36.2 Å². The number of hydrogen-bond acceptors (Lipinski definition) is 5. The highest BCUT2D eigenvalue weighted by Gasteiger charge is 2.35. The van der Waals surface area contributed by atoms with Crippen LogP contribution in [0.1, 0.15) is 57.7 Å². The minimum Gasteiger partial charge on any atom is -0.466 e. The van der Waals surface area contributed by atoms with Crippen LogP contribution >= 0.6 is 11.3 Å². The van der Waals surface area contributed by atoms with Gasteiger partial charge in [-0.15, -0.1) is 11.3 Å². The lowest BCUT2D eigenvalue weighted by atomic mass is 9.90. The lowest BCUT2D eigenvalue weighted by Gasteiger charge is -2.38. The van der Waals surface area contributed by atoms with E-state index in [1.54, 1.807) is 11.3 Å². The van der Waals surface area contributed by atoms with Crippen molar-refractivity contribution in [2.24, 2.45) is 5.92 Å². The molecule has 2 aromatic carbocycles. The van der Waals surface area contributed by atoms with Gasteiger partial charge in [-0.25, -0.2) is 0 Å². The molecule has 2 heterocycles. The van der Waals surface area contributed by atoms with Gasteiger partial charge in [0.1, 0.15) is 5.00 Å². The van der Waals surface area contributed by atoms with Crippen LogP contribution < -0.4 is 5.32 Å². The zero-order valence-corrected chi connectivity index (χ0v) is 20.9. The number of anilines is 1. The molecule has 5 nitrogen and oxygen atoms in total. The number of carbonyl (C=O) groups is 2. The number of carbonyl (C=O) groups excluding carboxylic acids is 2. The molecule has 0 radical (unpaired) electrons. The van der Waals surface area contributed by atoms with Crippen LogP contribution in [0.15, 0.2) is 60.7 Å². The van der Waals surface area contributed by atoms with Crippen molar-refractivity contribution in [1.29, 1.82) is 0 Å². The summed E-state index contributed by atoms with van der Waals surface area (Å²) < 4.78 is 5.35. The molecule has 2 atom stereocenters. The normalized spacial score (nSPS) is 17.2. The minimum atomic E-state index is -0.137. The number of rotatable bonds is 7. The van der Waals surface area contributed by atoms with Gasteiger partial charge in [0, 0.05) is 22.5 Å². The van der Waals surface area contributed by atoms with E-state index in [1.807, 2.05) is 55.5 Å². The molecular formula is C28H32N2O3S. The average molecular weight is 477 g/mol. The van der Waals surface area contributed by atoms with Crippen LogP contribution in [-0.2, 0) is 9.53 Å². The number of aryl methyl sites for hydroxylation is 1. The van der Waals surface area contributed by atoms with E-state index in [0.717, 1.165) is 35.5 Å². The van der Waals surface area contributed by atoms with Gasteiger partial charge in [-0.1, -0.05) is 48.5 Å². The number of esters is 1. The second kappa shape index (κ2) is 11.0. The molecule has 1 N–H and O–H groups in total. The molecule has 0 bridgehead atoms. The zero-order valence-electron chi connectivity index (χ0n) is 20.0. The van der Waals surface area contributed by atoms with E-state index < -0.39 is 0 Å². The Morgan fingerprint density at radius 1 is 1.09 bits per heavy atom. The number of ether oxygens (including phenoxy) is 1. The van der Waals surface area contributed by atoms with Gasteiger partial charge < -0.3 is 10.1 Å². The maximum atomic E-state index is 13.1. The van der Waals surface area contributed by atoms with E-state index in [1.165, 1.54) is 10.4 Å². The molecule has 4 rings (SSSR count). The van der Waals surface area contributed by atoms with E-state index in [0.29, 0.717) is 18.7 Å². The zero-order chi connectivity index (χ0) is 24.1. The summed E-state index contributed by atoms with van der Waals surface area (Å²) in [5.74, 6) is -0.366. The van der Waals surface area contributed by atoms with Crippen LogP contribution in [0.3, 0.4) is 0 Å². The van der Waals surface area contributed by atoms with Gasteiger partial charge in [-0.2, -0.15) is 0 Å². The fourth-order valence-corrected chi connectivity index (χ4v) is 5.81. The Kier molecular flexibility index (Phi) is 7.80. The molecule has 1 fully saturated rings. The number of benzene rings is 2. The summed E-state index contributed by atoms with van der Waals surface area (Å²) in [6.45, 7) is 8.00. The van der Waals surface area contributed by atoms with Crippen molar-refractivity contribution >= 4 is 28.2 Å². The van der Waals surface area contributed by atoms with Crippen LogP contribution in [0.4, 0.5) is 5.00 Å². The third-order valence-electron chi connectivity index (χ3n) is 6.52. The summed E-state index contributed by atoms with van der Waals surface area (Å²) in [5.41, 5.74) is 4.08. The van der Waals surface area contributed by atoms with Gasteiger partial charge in [0.15, 0.2) is 0 Å². The molecule has 6 heteroatoms. The number of nitrogens with one attached hydrogen (secondary N) is 1. The van der Waals surface area contributed by atoms with Crippen molar-refractivity contribution in [1.82, 2.24) is 4.90 Å². The van der Waals surface area contributed by atoms with Gasteiger partial charge in [-0.3, -0.25) is 14.5 Å². The molecule has 0 spiro atoms. The summed E-state index contributed by atoms with van der Waals surface area (Å²) in [7, 11) is 0. The highest BCUT2D eigenvalue weighted by Crippen LogP contribution is 2.43. The Hall–Kier alpha value is -2.96. The summed E-state index contributed by atoms with van der Waals surface area (Å²) in [6, 6.07) is 19.6. The quantitative estimate of drug-likeness (QED) is 0.426. The smallest absolute Gasteiger partial charge is 0.310 e. The first kappa shape index (κ1) is 24.2. The van der Waals surface area contributed by atoms with Crippen molar-refractivity contribution < 1.29 is 14.3 Å². The average Bonchev–Trinajstić information content (AvgIpc) is 3.13. The lowest BCUT2D eigenvalue weighted by molar-refractivity contribution is -0.150. The van der Waals surface area contributed by atoms with Crippen LogP contribution in [0.25, 0.3) is 0 Å². The number of amides is 1. The first-order valence-corrected chi connectivity index (χ1v) is 12.7. The van der Waals surface area contributed by atoms with Gasteiger partial charge >= 0.3 is 5.97 Å². The standard InChI is InChI=1S/C28H32N2O3S/c1-4-33-28(32)23-16-11-17-30(18-23)25(21-12-7-5-8-13-21)24-19(2)20(3)34-27(24)29-26(31)22-14-9-6-10-15-22/h5-10,12-15,23,25H,4,11,16-18H2,1-3H3,(H,29,31)/t23-,25-/m0/s1. The topological polar surface area (TPSA) is 58.6 Å². The van der Waals surface area contributed by atoms with Crippen molar-refractivity contribution in [2.75, 3.05) is 25.0 Å². The highest BCUT2D eigenvalue weighted by molar-refractivity contribution is 7.16. The lowest BCUT2D eigenvalue weighted by Crippen LogP contribution is -2.42. The Bertz CT molecular complexity index is 1130. The second-order valence-electron chi connectivity index (χ2n) is 8.75. The predicted molar refractivity (Wildman–Crippen MR) is 137 cm³/mol. The van der Waals surface area contributed by atoms with Gasteiger partial charge in [0.25, 0.3) is 5.91 Å². The highest BCUT2D eigenvalue weighted by atomic mass is 32.1. The fraction of sp³-hybridized carbons (Fsp3) is 0.357. The van der Waals surface area contributed by atoms with E-state index in [4.69, 9.17) is 4.74 Å². The molecule has 1 aromatic heterocycles. The van der Waals surface area contributed by atoms with Crippen molar-refractivity contribution in [3.8, 4) is 0 Å². The maximum absolute atomic E-state index is 13.1. The monoisotopic (exact) mass is 476 g/mol. The molecule has 0 aliphatic carbocycles. The molecule has 1 amide bonds. The Labute approximate surface area is 205 Å². The first-order chi connectivity index (χ1) is 16.5. The first-order valence-electron chi connectivity index (χ1n) is 11.9. The maximum Gasteiger partial charge on any atom is 0.310 e. The molecule has 1 aliphatic rings. The van der Waals surface area contributed by atoms with E-state index in [-0.39, 0.29) is 23.8 Å². The molecule has 34 heavy (non-hydrogen) atoms. The molecular weight excluding hydrogens is 444 g/mol. The summed E-state index contributed by atoms with van der Waals surface area (Å²) >= 11 is 1.62. The third-order valence-corrected chi connectivity index (χ3v) is 7.66. The number of nitrogens with zero attached hydrogens (tertiary/aromatic N) is 1. The fourth-order valence-electron chi connectivity index (χ4n) is 4.72. The molecule has 0 unspecified atom stereocenters. The largest absolute Gasteiger partial charge is 0.466 e. The third kappa shape index (κ3) is 5.24. The van der Waals surface area contributed by atoms with Crippen LogP contribution in [0, 0.1) is 19.8 Å². The molecule has 3 aromatic rings. The van der Waals surface area contributed by atoms with Crippen LogP contribution in [0.5, 0.6) is 0 Å². The summed E-state index contributed by atoms with van der Waals surface area (Å²) in [6.07, 6.45) is 1.77. The number of thiophene rings is 1. The Morgan fingerprint density at radius 2 is 1.76 bits per heavy atom. The molecule has 1 aliphatic heterocycles. The Morgan fingerprint density at radius 3 is 2.44 bits per heavy atom. The molecule has 178 valence electrons. The molecule has 0 saturated carbocycles. The van der Waals surface area contributed by atoms with Crippen molar-refractivity contribution in [2.45, 2.75) is 39.7 Å². The van der Waals surface area contributed by atoms with Crippen molar-refractivity contribution in [3.05, 3.63) is 87.8 Å². The second-order valence-corrected chi connectivity index (χ2v) is 9.97. The number of likely N-dealkylation sites (tertiary alicyclic amines) is 1. The summed E-state index contributed by atoms with van der Waals surface area (Å²) in [4.78, 5) is 29.2. The molecule has 1 saturated heterocycles. The number of hydrogen-bond donors (Lipinski definition) is 1. The van der Waals surface area contributed by atoms with Gasteiger partial charge in [0.2, 0.25) is 0 Å². The van der Waals surface area contributed by atoms with Crippen LogP contribution in [-0.4, -0.2) is 36.5 Å². The van der Waals surface area contributed by atoms with Gasteiger partial charge in [0.05, 0.1) is 18.6 Å². The minimum absolute atomic E-state index is 0.0607.